The smallest absolute Gasteiger partial charge is 0.211 e. The van der Waals surface area contributed by atoms with E-state index in [-0.39, 0.29) is 19.5 Å². The van der Waals surface area contributed by atoms with Gasteiger partial charge in [-0.3, -0.25) is 4.68 Å². The molecule has 0 radical (unpaired) electrons. The fourth-order valence-corrected chi connectivity index (χ4v) is 4.03. The Labute approximate surface area is 149 Å². The van der Waals surface area contributed by atoms with Crippen LogP contribution in [0.5, 0.6) is 0 Å². The first-order valence-electron chi connectivity index (χ1n) is 7.84. The lowest BCUT2D eigenvalue weighted by molar-refractivity contribution is 0.0724. The lowest BCUT2D eigenvalue weighted by atomic mass is 9.89. The Balaban J connectivity index is 1.59. The molecular formula is C15H16N8O2S. The lowest BCUT2D eigenvalue weighted by Crippen LogP contribution is -2.63. The number of aromatic amines is 1. The average molecular weight is 372 g/mol. The van der Waals surface area contributed by atoms with Crippen molar-refractivity contribution in [2.75, 3.05) is 24.7 Å². The quantitative estimate of drug-likeness (QED) is 0.676. The zero-order valence-corrected chi connectivity index (χ0v) is 14.7. The molecule has 11 heteroatoms. The van der Waals surface area contributed by atoms with Gasteiger partial charge in [0.25, 0.3) is 0 Å². The number of nitriles is 1. The second-order valence-electron chi connectivity index (χ2n) is 6.35. The Kier molecular flexibility index (Phi) is 3.67. The van der Waals surface area contributed by atoms with Crippen LogP contribution in [0.4, 0.5) is 11.5 Å². The van der Waals surface area contributed by atoms with E-state index < -0.39 is 15.6 Å². The first-order valence-corrected chi connectivity index (χ1v) is 9.68. The molecule has 0 atom stereocenters. The minimum atomic E-state index is -3.28. The van der Waals surface area contributed by atoms with Crippen molar-refractivity contribution in [1.82, 2.24) is 29.0 Å². The van der Waals surface area contributed by atoms with Crippen molar-refractivity contribution in [2.24, 2.45) is 0 Å². The van der Waals surface area contributed by atoms with Gasteiger partial charge in [-0.15, -0.1) is 0 Å². The van der Waals surface area contributed by atoms with Gasteiger partial charge in [-0.1, -0.05) is 0 Å². The highest BCUT2D eigenvalue weighted by atomic mass is 32.2. The highest BCUT2D eigenvalue weighted by Crippen LogP contribution is 2.34. The first-order chi connectivity index (χ1) is 12.4. The average Bonchev–Trinajstić information content (AvgIpc) is 3.19. The highest BCUT2D eigenvalue weighted by molar-refractivity contribution is 7.88. The molecule has 3 aromatic rings. The Morgan fingerprint density at radius 2 is 2.23 bits per heavy atom. The van der Waals surface area contributed by atoms with Crippen LogP contribution in [0.1, 0.15) is 6.42 Å². The van der Waals surface area contributed by atoms with Crippen molar-refractivity contribution < 1.29 is 8.42 Å². The number of anilines is 2. The summed E-state index contributed by atoms with van der Waals surface area (Å²) >= 11 is 0. The van der Waals surface area contributed by atoms with Gasteiger partial charge in [0.2, 0.25) is 10.0 Å². The van der Waals surface area contributed by atoms with E-state index in [0.717, 1.165) is 17.3 Å². The number of H-pyrrole nitrogens is 1. The molecule has 0 amide bonds. The number of rotatable bonds is 5. The van der Waals surface area contributed by atoms with Crippen LogP contribution in [0.25, 0.3) is 11.0 Å². The summed E-state index contributed by atoms with van der Waals surface area (Å²) in [6.45, 7) is 0.464. The van der Waals surface area contributed by atoms with E-state index in [1.54, 1.807) is 23.3 Å². The molecule has 10 nitrogen and oxygen atoms in total. The van der Waals surface area contributed by atoms with Crippen LogP contribution in [0.2, 0.25) is 0 Å². The molecule has 1 aliphatic heterocycles. The molecule has 0 bridgehead atoms. The Morgan fingerprint density at radius 1 is 1.42 bits per heavy atom. The van der Waals surface area contributed by atoms with E-state index in [2.05, 4.69) is 31.4 Å². The van der Waals surface area contributed by atoms with Crippen molar-refractivity contribution >= 4 is 32.6 Å². The molecular weight excluding hydrogens is 356 g/mol. The van der Waals surface area contributed by atoms with Gasteiger partial charge in [0.15, 0.2) is 0 Å². The summed E-state index contributed by atoms with van der Waals surface area (Å²) < 4.78 is 26.3. The molecule has 2 N–H and O–H groups in total. The van der Waals surface area contributed by atoms with Crippen molar-refractivity contribution in [3.8, 4) is 6.07 Å². The minimum absolute atomic E-state index is 0.176. The van der Waals surface area contributed by atoms with Crippen LogP contribution in [0, 0.1) is 11.3 Å². The third-order valence-corrected chi connectivity index (χ3v) is 5.70. The largest absolute Gasteiger partial charge is 0.346 e. The van der Waals surface area contributed by atoms with Crippen molar-refractivity contribution in [1.29, 1.82) is 5.26 Å². The van der Waals surface area contributed by atoms with Crippen LogP contribution in [-0.2, 0) is 15.6 Å². The summed E-state index contributed by atoms with van der Waals surface area (Å²) in [5, 5.41) is 17.5. The summed E-state index contributed by atoms with van der Waals surface area (Å²) in [6.07, 6.45) is 7.97. The maximum Gasteiger partial charge on any atom is 0.211 e. The number of sulfonamides is 1. The highest BCUT2D eigenvalue weighted by Gasteiger charge is 2.49. The molecule has 1 aliphatic rings. The topological polar surface area (TPSA) is 133 Å². The molecule has 4 heterocycles. The first kappa shape index (κ1) is 16.5. The van der Waals surface area contributed by atoms with Crippen LogP contribution in [0.15, 0.2) is 31.0 Å². The maximum absolute atomic E-state index is 11.7. The molecule has 134 valence electrons. The van der Waals surface area contributed by atoms with E-state index in [4.69, 9.17) is 5.26 Å². The molecule has 0 spiro atoms. The second kappa shape index (κ2) is 5.79. The maximum atomic E-state index is 11.7. The lowest BCUT2D eigenvalue weighted by Gasteiger charge is -2.47. The monoisotopic (exact) mass is 372 g/mol. The van der Waals surface area contributed by atoms with Gasteiger partial charge in [0.1, 0.15) is 23.3 Å². The Hall–Kier alpha value is -2.97. The van der Waals surface area contributed by atoms with Gasteiger partial charge in [-0.25, -0.2) is 18.4 Å². The standard InChI is InChI=1S/C15H16N8O2S/c1-26(24,25)22-8-15(9-22,3-4-16)23-7-11(6-20-23)21-14-12-2-5-17-13(12)18-10-19-14/h2,5-7,10H,3,8-9H2,1H3,(H2,17,18,19,21). The zero-order valence-electron chi connectivity index (χ0n) is 13.9. The number of nitrogens with one attached hydrogen (secondary N) is 2. The third kappa shape index (κ3) is 2.69. The van der Waals surface area contributed by atoms with Crippen molar-refractivity contribution in [3.63, 3.8) is 0 Å². The number of hydrogen-bond donors (Lipinski definition) is 2. The van der Waals surface area contributed by atoms with Gasteiger partial charge in [-0.05, 0) is 6.07 Å². The summed E-state index contributed by atoms with van der Waals surface area (Å²) in [5.41, 5.74) is 0.771. The Bertz CT molecular complexity index is 1100. The van der Waals surface area contributed by atoms with Crippen LogP contribution in [0.3, 0.4) is 0 Å². The van der Waals surface area contributed by atoms with Crippen LogP contribution in [-0.4, -0.2) is 56.8 Å². The van der Waals surface area contributed by atoms with E-state index >= 15 is 0 Å². The van der Waals surface area contributed by atoms with Gasteiger partial charge in [-0.2, -0.15) is 14.7 Å². The fourth-order valence-electron chi connectivity index (χ4n) is 3.09. The number of hydrogen-bond acceptors (Lipinski definition) is 7. The fraction of sp³-hybridized carbons (Fsp3) is 0.333. The Morgan fingerprint density at radius 3 is 2.96 bits per heavy atom. The van der Waals surface area contributed by atoms with E-state index in [9.17, 15) is 8.42 Å². The molecule has 4 rings (SSSR count). The van der Waals surface area contributed by atoms with Gasteiger partial charge >= 0.3 is 0 Å². The van der Waals surface area contributed by atoms with Gasteiger partial charge < -0.3 is 10.3 Å². The van der Waals surface area contributed by atoms with Crippen molar-refractivity contribution in [2.45, 2.75) is 12.0 Å². The van der Waals surface area contributed by atoms with Crippen LogP contribution >= 0.6 is 0 Å². The molecule has 26 heavy (non-hydrogen) atoms. The predicted octanol–water partition coefficient (Wildman–Crippen LogP) is 0.782. The molecule has 1 fully saturated rings. The zero-order chi connectivity index (χ0) is 18.4. The third-order valence-electron chi connectivity index (χ3n) is 4.50. The summed E-state index contributed by atoms with van der Waals surface area (Å²) in [7, 11) is -3.28. The molecule has 3 aromatic heterocycles. The number of aromatic nitrogens is 5. The van der Waals surface area contributed by atoms with E-state index in [1.807, 2.05) is 6.07 Å². The predicted molar refractivity (Wildman–Crippen MR) is 94.0 cm³/mol. The van der Waals surface area contributed by atoms with E-state index in [0.29, 0.717) is 11.5 Å². The molecule has 0 unspecified atom stereocenters. The normalized spacial score (nSPS) is 16.9. The van der Waals surface area contributed by atoms with Gasteiger partial charge in [0, 0.05) is 25.5 Å². The minimum Gasteiger partial charge on any atom is -0.346 e. The SMILES string of the molecule is CS(=O)(=O)N1CC(CC#N)(n2cc(Nc3ncnc4[nH]ccc34)cn2)C1. The summed E-state index contributed by atoms with van der Waals surface area (Å²) in [4.78, 5) is 11.4. The molecule has 0 saturated carbocycles. The second-order valence-corrected chi connectivity index (χ2v) is 8.33. The summed E-state index contributed by atoms with van der Waals surface area (Å²) in [5.74, 6) is 0.636. The van der Waals surface area contributed by atoms with Gasteiger partial charge in [0.05, 0.1) is 36.0 Å². The molecule has 0 aromatic carbocycles. The number of nitrogens with zero attached hydrogens (tertiary/aromatic N) is 6. The molecule has 0 aliphatic carbocycles. The van der Waals surface area contributed by atoms with Crippen molar-refractivity contribution in [3.05, 3.63) is 31.0 Å². The van der Waals surface area contributed by atoms with E-state index in [1.165, 1.54) is 10.6 Å². The molecule has 1 saturated heterocycles. The summed E-state index contributed by atoms with van der Waals surface area (Å²) in [6, 6.07) is 4.00. The number of fused-ring (bicyclic) bond motifs is 1. The van der Waals surface area contributed by atoms with Crippen LogP contribution < -0.4 is 5.32 Å².